The van der Waals surface area contributed by atoms with E-state index in [-0.39, 0.29) is 16.5 Å². The van der Waals surface area contributed by atoms with Gasteiger partial charge in [0.05, 0.1) is 6.54 Å². The lowest BCUT2D eigenvalue weighted by molar-refractivity contribution is -0.116. The third-order valence-electron chi connectivity index (χ3n) is 4.48. The van der Waals surface area contributed by atoms with Gasteiger partial charge in [0.2, 0.25) is 15.9 Å². The van der Waals surface area contributed by atoms with Crippen molar-refractivity contribution >= 4 is 27.5 Å². The fraction of sp³-hybridized carbons (Fsp3) is 0.333. The lowest BCUT2D eigenvalue weighted by Gasteiger charge is -2.16. The Hall–Kier alpha value is -2.72. The minimum absolute atomic E-state index is 0.0906. The van der Waals surface area contributed by atoms with Crippen LogP contribution in [-0.4, -0.2) is 61.1 Å². The first-order chi connectivity index (χ1) is 13.3. The number of benzene rings is 1. The average Bonchev–Trinajstić information content (AvgIpc) is 3.35. The molecule has 2 N–H and O–H groups in total. The number of likely N-dealkylation sites (tertiary alicyclic amines) is 1. The van der Waals surface area contributed by atoms with Gasteiger partial charge in [-0.25, -0.2) is 12.8 Å². The normalized spacial score (nSPS) is 14.5. The van der Waals surface area contributed by atoms with E-state index in [1.807, 2.05) is 0 Å². The van der Waals surface area contributed by atoms with Crippen LogP contribution in [0.2, 0.25) is 0 Å². The molecule has 2 aromatic rings. The van der Waals surface area contributed by atoms with Gasteiger partial charge < -0.3 is 15.2 Å². The first kappa shape index (κ1) is 20.0. The average molecular weight is 408 g/mol. The summed E-state index contributed by atoms with van der Waals surface area (Å²) in [5, 5.41) is 2.50. The van der Waals surface area contributed by atoms with Crippen molar-refractivity contribution in [1.29, 1.82) is 0 Å². The van der Waals surface area contributed by atoms with Gasteiger partial charge in [-0.05, 0) is 43.2 Å². The van der Waals surface area contributed by atoms with Crippen molar-refractivity contribution in [3.63, 3.8) is 0 Å². The van der Waals surface area contributed by atoms with Crippen LogP contribution in [0.25, 0.3) is 0 Å². The summed E-state index contributed by atoms with van der Waals surface area (Å²) in [6.45, 7) is 0.882. The van der Waals surface area contributed by atoms with E-state index in [9.17, 15) is 22.4 Å². The summed E-state index contributed by atoms with van der Waals surface area (Å²) in [5.74, 6) is -1.25. The van der Waals surface area contributed by atoms with E-state index in [0.717, 1.165) is 17.1 Å². The number of hydrogen-bond acceptors (Lipinski definition) is 4. The van der Waals surface area contributed by atoms with Crippen molar-refractivity contribution < 1.29 is 22.4 Å². The number of nitrogens with zero attached hydrogens (tertiary/aromatic N) is 2. The van der Waals surface area contributed by atoms with Crippen molar-refractivity contribution in [2.24, 2.45) is 0 Å². The number of H-pyrrole nitrogens is 1. The van der Waals surface area contributed by atoms with Gasteiger partial charge in [-0.15, -0.1) is 0 Å². The van der Waals surface area contributed by atoms with Crippen molar-refractivity contribution in [2.45, 2.75) is 17.7 Å². The Labute approximate surface area is 162 Å². The second-order valence-corrected chi connectivity index (χ2v) is 8.61. The Balaban J connectivity index is 1.65. The number of carbonyl (C=O) groups excluding carboxylic acids is 2. The summed E-state index contributed by atoms with van der Waals surface area (Å²) in [7, 11) is -2.69. The van der Waals surface area contributed by atoms with Crippen molar-refractivity contribution in [1.82, 2.24) is 14.2 Å². The van der Waals surface area contributed by atoms with E-state index < -0.39 is 28.3 Å². The molecule has 0 aliphatic carbocycles. The number of hydrogen-bond donors (Lipinski definition) is 2. The van der Waals surface area contributed by atoms with E-state index in [2.05, 4.69) is 10.3 Å². The highest BCUT2D eigenvalue weighted by Gasteiger charge is 2.27. The highest BCUT2D eigenvalue weighted by atomic mass is 32.2. The van der Waals surface area contributed by atoms with Crippen LogP contribution in [0.3, 0.4) is 0 Å². The first-order valence-electron chi connectivity index (χ1n) is 8.77. The molecule has 2 heterocycles. The van der Waals surface area contributed by atoms with Crippen LogP contribution >= 0.6 is 0 Å². The summed E-state index contributed by atoms with van der Waals surface area (Å²) in [6.07, 6.45) is 3.11. The molecule has 1 aromatic heterocycles. The molecule has 1 aliphatic heterocycles. The summed E-state index contributed by atoms with van der Waals surface area (Å²) >= 11 is 0. The van der Waals surface area contributed by atoms with Gasteiger partial charge in [-0.1, -0.05) is 0 Å². The monoisotopic (exact) mass is 408 g/mol. The summed E-state index contributed by atoms with van der Waals surface area (Å²) in [5.41, 5.74) is 0.557. The Morgan fingerprint density at radius 3 is 2.50 bits per heavy atom. The largest absolute Gasteiger partial charge is 0.356 e. The number of rotatable bonds is 6. The molecular weight excluding hydrogens is 387 g/mol. The quantitative estimate of drug-likeness (QED) is 0.759. The van der Waals surface area contributed by atoms with Crippen LogP contribution in [0, 0.1) is 5.82 Å². The van der Waals surface area contributed by atoms with E-state index >= 15 is 0 Å². The maximum Gasteiger partial charge on any atom is 0.270 e. The molecule has 0 bridgehead atoms. The molecule has 28 heavy (non-hydrogen) atoms. The minimum atomic E-state index is -3.96. The van der Waals surface area contributed by atoms with Crippen LogP contribution in [0.1, 0.15) is 23.3 Å². The van der Waals surface area contributed by atoms with Crippen LogP contribution < -0.4 is 5.32 Å². The fourth-order valence-corrected chi connectivity index (χ4v) is 4.06. The second kappa shape index (κ2) is 8.11. The third-order valence-corrected chi connectivity index (χ3v) is 6.26. The molecule has 1 aliphatic rings. The van der Waals surface area contributed by atoms with E-state index in [1.165, 1.54) is 43.6 Å². The number of aromatic amines is 1. The van der Waals surface area contributed by atoms with Gasteiger partial charge in [0.15, 0.2) is 0 Å². The molecule has 1 aromatic carbocycles. The van der Waals surface area contributed by atoms with Gasteiger partial charge >= 0.3 is 0 Å². The molecule has 0 radical (unpaired) electrons. The number of likely N-dealkylation sites (N-methyl/N-ethyl adjacent to an activating group) is 1. The molecule has 0 saturated carbocycles. The van der Waals surface area contributed by atoms with Crippen molar-refractivity contribution in [3.05, 3.63) is 48.0 Å². The maximum atomic E-state index is 12.9. The number of carbonyl (C=O) groups is 2. The highest BCUT2D eigenvalue weighted by molar-refractivity contribution is 7.89. The standard InChI is InChI=1S/C18H21FN4O4S/c1-22(12-17(24)21-14-6-4-13(19)5-7-14)28(26,27)15-10-16(20-11-15)18(25)23-8-2-3-9-23/h4-7,10-11,20H,2-3,8-9,12H2,1H3,(H,21,24). The zero-order chi connectivity index (χ0) is 20.3. The van der Waals surface area contributed by atoms with E-state index in [0.29, 0.717) is 18.8 Å². The zero-order valence-electron chi connectivity index (χ0n) is 15.3. The zero-order valence-corrected chi connectivity index (χ0v) is 16.1. The number of aromatic nitrogens is 1. The SMILES string of the molecule is CN(CC(=O)Nc1ccc(F)cc1)S(=O)(=O)c1c[nH]c(C(=O)N2CCCC2)c1. The molecule has 0 spiro atoms. The molecule has 1 saturated heterocycles. The Bertz CT molecular complexity index is 966. The topological polar surface area (TPSA) is 103 Å². The number of nitrogens with one attached hydrogen (secondary N) is 2. The Morgan fingerprint density at radius 1 is 1.21 bits per heavy atom. The molecule has 1 fully saturated rings. The minimum Gasteiger partial charge on any atom is -0.356 e. The van der Waals surface area contributed by atoms with Crippen LogP contribution in [-0.2, 0) is 14.8 Å². The van der Waals surface area contributed by atoms with Crippen molar-refractivity contribution in [3.8, 4) is 0 Å². The van der Waals surface area contributed by atoms with Crippen LogP contribution in [0.5, 0.6) is 0 Å². The van der Waals surface area contributed by atoms with Gasteiger partial charge in [0.1, 0.15) is 16.4 Å². The number of amides is 2. The lowest BCUT2D eigenvalue weighted by atomic mass is 10.3. The molecule has 8 nitrogen and oxygen atoms in total. The molecular formula is C18H21FN4O4S. The number of anilines is 1. The predicted octanol–water partition coefficient (Wildman–Crippen LogP) is 1.65. The highest BCUT2D eigenvalue weighted by Crippen LogP contribution is 2.18. The lowest BCUT2D eigenvalue weighted by Crippen LogP contribution is -2.34. The van der Waals surface area contributed by atoms with E-state index in [4.69, 9.17) is 0 Å². The number of halogens is 1. The number of sulfonamides is 1. The Kier molecular flexibility index (Phi) is 5.80. The molecule has 0 unspecified atom stereocenters. The van der Waals surface area contributed by atoms with Gasteiger partial charge in [-0.3, -0.25) is 9.59 Å². The maximum absolute atomic E-state index is 12.9. The Morgan fingerprint density at radius 2 is 1.86 bits per heavy atom. The third kappa shape index (κ3) is 4.39. The summed E-state index contributed by atoms with van der Waals surface area (Å²) in [4.78, 5) is 28.7. The summed E-state index contributed by atoms with van der Waals surface area (Å²) < 4.78 is 39.1. The fourth-order valence-electron chi connectivity index (χ4n) is 2.94. The molecule has 10 heteroatoms. The van der Waals surface area contributed by atoms with Gasteiger partial charge in [-0.2, -0.15) is 4.31 Å². The van der Waals surface area contributed by atoms with Gasteiger partial charge in [0.25, 0.3) is 5.91 Å². The van der Waals surface area contributed by atoms with Gasteiger partial charge in [0, 0.05) is 32.0 Å². The predicted molar refractivity (Wildman–Crippen MR) is 101 cm³/mol. The molecule has 150 valence electrons. The first-order valence-corrected chi connectivity index (χ1v) is 10.2. The molecule has 3 rings (SSSR count). The van der Waals surface area contributed by atoms with Crippen molar-refractivity contribution in [2.75, 3.05) is 32.0 Å². The molecule has 0 atom stereocenters. The molecule has 2 amide bonds. The van der Waals surface area contributed by atoms with E-state index in [1.54, 1.807) is 4.90 Å². The second-order valence-electron chi connectivity index (χ2n) is 6.56. The summed E-state index contributed by atoms with van der Waals surface area (Å²) in [6, 6.07) is 6.42. The smallest absolute Gasteiger partial charge is 0.270 e. The van der Waals surface area contributed by atoms with Crippen LogP contribution in [0.4, 0.5) is 10.1 Å². The van der Waals surface area contributed by atoms with Crippen LogP contribution in [0.15, 0.2) is 41.4 Å².